The number of hydrogen-bond acceptors (Lipinski definition) is 6. The fourth-order valence-corrected chi connectivity index (χ4v) is 0.939. The van der Waals surface area contributed by atoms with Gasteiger partial charge in [0.05, 0.1) is 33.0 Å². The molecule has 0 aromatic heterocycles. The van der Waals surface area contributed by atoms with Gasteiger partial charge in [0.25, 0.3) is 0 Å². The number of methoxy groups -OCH3 is 1. The van der Waals surface area contributed by atoms with E-state index in [4.69, 9.17) is 24.7 Å². The van der Waals surface area contributed by atoms with E-state index in [9.17, 15) is 4.79 Å². The number of carbonyl (C=O) groups is 1. The van der Waals surface area contributed by atoms with E-state index in [1.54, 1.807) is 7.11 Å². The van der Waals surface area contributed by atoms with Crippen molar-refractivity contribution in [3.05, 3.63) is 0 Å². The molecule has 0 saturated carbocycles. The lowest BCUT2D eigenvalue weighted by atomic mass is 10.2. The zero-order valence-corrected chi connectivity index (χ0v) is 10.6. The summed E-state index contributed by atoms with van der Waals surface area (Å²) in [5.41, 5.74) is 5.48. The van der Waals surface area contributed by atoms with Gasteiger partial charge in [-0.2, -0.15) is 0 Å². The Morgan fingerprint density at radius 2 is 1.59 bits per heavy atom. The third-order valence-electron chi connectivity index (χ3n) is 2.02. The van der Waals surface area contributed by atoms with Gasteiger partial charge in [0.1, 0.15) is 12.6 Å². The molecule has 1 unspecified atom stereocenters. The van der Waals surface area contributed by atoms with Crippen molar-refractivity contribution in [2.24, 2.45) is 5.73 Å². The third kappa shape index (κ3) is 10.2. The van der Waals surface area contributed by atoms with Gasteiger partial charge in [-0.05, 0) is 6.42 Å². The van der Waals surface area contributed by atoms with E-state index in [2.05, 4.69) is 0 Å². The number of rotatable bonds is 11. The molecule has 2 N–H and O–H groups in total. The van der Waals surface area contributed by atoms with Gasteiger partial charge in [0.2, 0.25) is 0 Å². The minimum absolute atomic E-state index is 0.227. The van der Waals surface area contributed by atoms with E-state index < -0.39 is 6.04 Å². The minimum atomic E-state index is -0.535. The van der Waals surface area contributed by atoms with Gasteiger partial charge in [0.15, 0.2) is 0 Å². The van der Waals surface area contributed by atoms with Crippen LogP contribution in [0.5, 0.6) is 0 Å². The molecular weight excluding hydrogens is 226 g/mol. The Balaban J connectivity index is 3.16. The molecule has 1 atom stereocenters. The second kappa shape index (κ2) is 11.8. The Hall–Kier alpha value is -0.690. The van der Waals surface area contributed by atoms with E-state index >= 15 is 0 Å². The summed E-state index contributed by atoms with van der Waals surface area (Å²) < 4.78 is 20.1. The summed E-state index contributed by atoms with van der Waals surface area (Å²) >= 11 is 0. The number of ether oxygens (including phenoxy) is 4. The summed E-state index contributed by atoms with van der Waals surface area (Å²) in [6.07, 6.45) is 0.576. The molecule has 0 saturated heterocycles. The van der Waals surface area contributed by atoms with Gasteiger partial charge in [0, 0.05) is 7.11 Å². The first-order valence-electron chi connectivity index (χ1n) is 5.79. The number of carbonyl (C=O) groups excluding carboxylic acids is 1. The highest BCUT2D eigenvalue weighted by Crippen LogP contribution is 1.90. The van der Waals surface area contributed by atoms with Crippen LogP contribution in [0, 0.1) is 0 Å². The lowest BCUT2D eigenvalue weighted by Gasteiger charge is -2.09. The summed E-state index contributed by atoms with van der Waals surface area (Å²) in [4.78, 5) is 11.1. The lowest BCUT2D eigenvalue weighted by molar-refractivity contribution is -0.147. The Labute approximate surface area is 102 Å². The van der Waals surface area contributed by atoms with E-state index in [0.29, 0.717) is 39.5 Å². The van der Waals surface area contributed by atoms with Crippen molar-refractivity contribution in [2.45, 2.75) is 19.4 Å². The molecule has 0 radical (unpaired) electrons. The van der Waals surface area contributed by atoms with Gasteiger partial charge in [-0.25, -0.2) is 0 Å². The standard InChI is InChI=1S/C11H23NO5/c1-3-10(12)11(13)17-9-8-16-7-6-15-5-4-14-2/h10H,3-9,12H2,1-2H3. The third-order valence-corrected chi connectivity index (χ3v) is 2.02. The molecule has 0 aliphatic rings. The topological polar surface area (TPSA) is 80.0 Å². The maximum atomic E-state index is 11.1. The van der Waals surface area contributed by atoms with Crippen molar-refractivity contribution in [1.29, 1.82) is 0 Å². The summed E-state index contributed by atoms with van der Waals surface area (Å²) in [6.45, 7) is 4.53. The van der Waals surface area contributed by atoms with Crippen LogP contribution >= 0.6 is 0 Å². The predicted octanol–water partition coefficient (Wildman–Crippen LogP) is -0.0535. The second-order valence-corrected chi connectivity index (χ2v) is 3.40. The van der Waals surface area contributed by atoms with Crippen molar-refractivity contribution >= 4 is 5.97 Å². The Bertz CT molecular complexity index is 189. The van der Waals surface area contributed by atoms with Gasteiger partial charge < -0.3 is 24.7 Å². The Morgan fingerprint density at radius 1 is 1.06 bits per heavy atom. The van der Waals surface area contributed by atoms with Crippen molar-refractivity contribution in [3.8, 4) is 0 Å². The van der Waals surface area contributed by atoms with Crippen molar-refractivity contribution in [1.82, 2.24) is 0 Å². The van der Waals surface area contributed by atoms with Crippen LogP contribution in [0.3, 0.4) is 0 Å². The summed E-state index contributed by atoms with van der Waals surface area (Å²) in [5, 5.41) is 0. The maximum Gasteiger partial charge on any atom is 0.322 e. The molecule has 0 amide bonds. The second-order valence-electron chi connectivity index (χ2n) is 3.40. The predicted molar refractivity (Wildman–Crippen MR) is 62.7 cm³/mol. The normalized spacial score (nSPS) is 12.4. The van der Waals surface area contributed by atoms with Crippen LogP contribution in [-0.4, -0.2) is 58.8 Å². The molecule has 6 nitrogen and oxygen atoms in total. The monoisotopic (exact) mass is 249 g/mol. The van der Waals surface area contributed by atoms with E-state index in [1.165, 1.54) is 0 Å². The highest BCUT2D eigenvalue weighted by atomic mass is 16.6. The molecule has 102 valence electrons. The molecule has 0 heterocycles. The quantitative estimate of drug-likeness (QED) is 0.408. The van der Waals surface area contributed by atoms with Crippen LogP contribution in [0.2, 0.25) is 0 Å². The van der Waals surface area contributed by atoms with Crippen LogP contribution < -0.4 is 5.73 Å². The summed E-state index contributed by atoms with van der Waals surface area (Å²) in [5.74, 6) is -0.382. The molecule has 0 fully saturated rings. The molecule has 0 aliphatic carbocycles. The van der Waals surface area contributed by atoms with Crippen LogP contribution in [0.25, 0.3) is 0 Å². The molecule has 0 spiro atoms. The van der Waals surface area contributed by atoms with Crippen LogP contribution in [-0.2, 0) is 23.7 Å². The van der Waals surface area contributed by atoms with E-state index in [0.717, 1.165) is 0 Å². The smallest absolute Gasteiger partial charge is 0.322 e. The first-order chi connectivity index (χ1) is 8.22. The van der Waals surface area contributed by atoms with Crippen molar-refractivity contribution in [3.63, 3.8) is 0 Å². The molecule has 0 bridgehead atoms. The molecule has 0 aliphatic heterocycles. The SMILES string of the molecule is CCC(N)C(=O)OCCOCCOCCOC. The largest absolute Gasteiger partial charge is 0.462 e. The van der Waals surface area contributed by atoms with E-state index in [1.807, 2.05) is 6.92 Å². The number of hydrogen-bond donors (Lipinski definition) is 1. The molecule has 17 heavy (non-hydrogen) atoms. The lowest BCUT2D eigenvalue weighted by Crippen LogP contribution is -2.32. The minimum Gasteiger partial charge on any atom is -0.462 e. The van der Waals surface area contributed by atoms with Crippen molar-refractivity contribution in [2.75, 3.05) is 46.8 Å². The Kier molecular flexibility index (Phi) is 11.3. The Morgan fingerprint density at radius 3 is 2.12 bits per heavy atom. The summed E-state index contributed by atoms with van der Waals surface area (Å²) in [7, 11) is 1.62. The van der Waals surface area contributed by atoms with Crippen molar-refractivity contribution < 1.29 is 23.7 Å². The molecule has 0 aromatic carbocycles. The van der Waals surface area contributed by atoms with Gasteiger partial charge in [-0.15, -0.1) is 0 Å². The summed E-state index contributed by atoms with van der Waals surface area (Å²) in [6, 6.07) is -0.535. The molecular formula is C11H23NO5. The van der Waals surface area contributed by atoms with Crippen LogP contribution in [0.15, 0.2) is 0 Å². The number of nitrogens with two attached hydrogens (primary N) is 1. The molecule has 0 rings (SSSR count). The van der Waals surface area contributed by atoms with Crippen LogP contribution in [0.1, 0.15) is 13.3 Å². The van der Waals surface area contributed by atoms with Crippen LogP contribution in [0.4, 0.5) is 0 Å². The highest BCUT2D eigenvalue weighted by molar-refractivity contribution is 5.75. The van der Waals surface area contributed by atoms with Gasteiger partial charge in [-0.3, -0.25) is 4.79 Å². The number of esters is 1. The zero-order valence-electron chi connectivity index (χ0n) is 10.6. The first-order valence-corrected chi connectivity index (χ1v) is 5.79. The van der Waals surface area contributed by atoms with Gasteiger partial charge >= 0.3 is 5.97 Å². The van der Waals surface area contributed by atoms with Gasteiger partial charge in [-0.1, -0.05) is 6.92 Å². The molecule has 0 aromatic rings. The maximum absolute atomic E-state index is 11.1. The zero-order chi connectivity index (χ0) is 12.9. The fraction of sp³-hybridized carbons (Fsp3) is 0.909. The average Bonchev–Trinajstić information content (AvgIpc) is 2.35. The fourth-order valence-electron chi connectivity index (χ4n) is 0.939. The average molecular weight is 249 g/mol. The highest BCUT2D eigenvalue weighted by Gasteiger charge is 2.11. The molecule has 6 heteroatoms. The first kappa shape index (κ1) is 16.3. The van der Waals surface area contributed by atoms with E-state index in [-0.39, 0.29) is 12.6 Å².